The van der Waals surface area contributed by atoms with E-state index in [4.69, 9.17) is 10.2 Å². The predicted molar refractivity (Wildman–Crippen MR) is 88.4 cm³/mol. The molecule has 0 rings (SSSR count). The second-order valence-corrected chi connectivity index (χ2v) is 5.87. The number of carboxylic acid groups (broad SMARTS) is 2. The molecular formula is C16H32MgO4. The largest absolute Gasteiger partial charge is 0.480 e. The summed E-state index contributed by atoms with van der Waals surface area (Å²) in [5.41, 5.74) is -1.62. The van der Waals surface area contributed by atoms with Gasteiger partial charge in [0.05, 0.1) is 0 Å². The van der Waals surface area contributed by atoms with Crippen molar-refractivity contribution in [3.63, 3.8) is 0 Å². The zero-order valence-electron chi connectivity index (χ0n) is 13.0. The van der Waals surface area contributed by atoms with Crippen molar-refractivity contribution >= 4 is 35.0 Å². The first-order valence-electron chi connectivity index (χ1n) is 7.92. The zero-order valence-corrected chi connectivity index (χ0v) is 13.0. The summed E-state index contributed by atoms with van der Waals surface area (Å²) in [5.74, 6) is -2.47. The highest BCUT2D eigenvalue weighted by Crippen LogP contribution is 2.25. The van der Waals surface area contributed by atoms with E-state index in [2.05, 4.69) is 6.92 Å². The van der Waals surface area contributed by atoms with Crippen molar-refractivity contribution in [1.29, 1.82) is 0 Å². The van der Waals surface area contributed by atoms with Crippen molar-refractivity contribution in [3.05, 3.63) is 0 Å². The molecule has 0 saturated carbocycles. The molecule has 0 aromatic rings. The summed E-state index contributed by atoms with van der Waals surface area (Å²) in [7, 11) is 0. The van der Waals surface area contributed by atoms with Gasteiger partial charge < -0.3 is 10.2 Å². The van der Waals surface area contributed by atoms with Crippen LogP contribution in [0.25, 0.3) is 0 Å². The zero-order chi connectivity index (χ0) is 15.4. The number of carbonyl (C=O) groups is 2. The molecule has 0 radical (unpaired) electrons. The molecular weight excluding hydrogens is 280 g/mol. The maximum Gasteiger partial charge on any atom is 0.320 e. The fourth-order valence-corrected chi connectivity index (χ4v) is 2.27. The van der Waals surface area contributed by atoms with Gasteiger partial charge in [0, 0.05) is 0 Å². The molecule has 0 aliphatic rings. The summed E-state index contributed by atoms with van der Waals surface area (Å²) >= 11 is 0. The Labute approximate surface area is 144 Å². The molecule has 0 aliphatic heterocycles. The first-order valence-corrected chi connectivity index (χ1v) is 7.92. The molecule has 0 heterocycles. The lowest BCUT2D eigenvalue weighted by Crippen LogP contribution is -2.36. The first kappa shape index (κ1) is 23.0. The summed E-state index contributed by atoms with van der Waals surface area (Å²) in [4.78, 5) is 21.9. The number of unbranched alkanes of at least 4 members (excludes halogenated alkanes) is 9. The average molecular weight is 313 g/mol. The number of hydrogen-bond donors (Lipinski definition) is 2. The molecule has 0 aromatic heterocycles. The minimum atomic E-state index is -1.62. The maximum absolute atomic E-state index is 11.0. The van der Waals surface area contributed by atoms with E-state index in [1.165, 1.54) is 51.9 Å². The molecule has 0 fully saturated rings. The van der Waals surface area contributed by atoms with Crippen LogP contribution in [0.4, 0.5) is 0 Å². The minimum absolute atomic E-state index is 0. The Morgan fingerprint density at radius 1 is 0.762 bits per heavy atom. The van der Waals surface area contributed by atoms with Gasteiger partial charge in [0.2, 0.25) is 0 Å². The van der Waals surface area contributed by atoms with Crippen molar-refractivity contribution in [3.8, 4) is 0 Å². The second kappa shape index (κ2) is 13.4. The van der Waals surface area contributed by atoms with E-state index in [0.29, 0.717) is 6.42 Å². The normalized spacial score (nSPS) is 11.0. The third-order valence-corrected chi connectivity index (χ3v) is 3.97. The van der Waals surface area contributed by atoms with E-state index in [1.54, 1.807) is 0 Å². The Hall–Kier alpha value is -0.294. The van der Waals surface area contributed by atoms with Gasteiger partial charge in [0.1, 0.15) is 0 Å². The third kappa shape index (κ3) is 10.1. The monoisotopic (exact) mass is 312 g/mol. The molecule has 0 saturated heterocycles. The van der Waals surface area contributed by atoms with Gasteiger partial charge in [-0.05, 0) is 13.3 Å². The smallest absolute Gasteiger partial charge is 0.320 e. The number of carboxylic acids is 2. The molecule has 21 heavy (non-hydrogen) atoms. The number of rotatable bonds is 13. The quantitative estimate of drug-likeness (QED) is 0.310. The molecule has 0 amide bonds. The van der Waals surface area contributed by atoms with E-state index in [0.717, 1.165) is 12.8 Å². The van der Waals surface area contributed by atoms with Crippen LogP contribution < -0.4 is 0 Å². The summed E-state index contributed by atoms with van der Waals surface area (Å²) in [6.07, 6.45) is 11.8. The van der Waals surface area contributed by atoms with Gasteiger partial charge in [-0.25, -0.2) is 0 Å². The van der Waals surface area contributed by atoms with Crippen LogP contribution >= 0.6 is 0 Å². The molecule has 122 valence electrons. The molecule has 0 aliphatic carbocycles. The van der Waals surface area contributed by atoms with Gasteiger partial charge in [0.25, 0.3) is 0 Å². The number of aliphatic carboxylic acids is 2. The molecule has 0 aromatic carbocycles. The highest BCUT2D eigenvalue weighted by Gasteiger charge is 2.40. The van der Waals surface area contributed by atoms with Crippen molar-refractivity contribution in [1.82, 2.24) is 0 Å². The Morgan fingerprint density at radius 3 is 1.43 bits per heavy atom. The molecule has 0 bridgehead atoms. The average Bonchev–Trinajstić information content (AvgIpc) is 2.40. The highest BCUT2D eigenvalue weighted by atomic mass is 24.3. The Bertz CT molecular complexity index is 278. The maximum atomic E-state index is 11.0. The Balaban J connectivity index is 0. The van der Waals surface area contributed by atoms with Gasteiger partial charge in [0.15, 0.2) is 5.41 Å². The standard InChI is InChI=1S/C16H30O4.Mg.2H/c1-3-4-5-6-7-8-9-10-11-12-13-16(2,14(17)18)15(19)20;;;/h3-13H2,1-2H3,(H,17,18)(H,19,20);;;. The van der Waals surface area contributed by atoms with E-state index >= 15 is 0 Å². The second-order valence-electron chi connectivity index (χ2n) is 5.87. The van der Waals surface area contributed by atoms with Crippen LogP contribution in [0, 0.1) is 5.41 Å². The van der Waals surface area contributed by atoms with Crippen LogP contribution in [-0.2, 0) is 9.59 Å². The van der Waals surface area contributed by atoms with Crippen molar-refractivity contribution in [2.45, 2.75) is 84.5 Å². The molecule has 5 heteroatoms. The van der Waals surface area contributed by atoms with E-state index in [-0.39, 0.29) is 29.5 Å². The number of hydrogen-bond acceptors (Lipinski definition) is 2. The predicted octanol–water partition coefficient (Wildman–Crippen LogP) is 3.56. The molecule has 4 nitrogen and oxygen atoms in total. The fraction of sp³-hybridized carbons (Fsp3) is 0.875. The first-order chi connectivity index (χ1) is 9.45. The highest BCUT2D eigenvalue weighted by molar-refractivity contribution is 5.97. The van der Waals surface area contributed by atoms with E-state index in [1.807, 2.05) is 0 Å². The lowest BCUT2D eigenvalue weighted by Gasteiger charge is -2.19. The summed E-state index contributed by atoms with van der Waals surface area (Å²) in [5, 5.41) is 17.9. The Kier molecular flexibility index (Phi) is 14.6. The topological polar surface area (TPSA) is 74.6 Å². The van der Waals surface area contributed by atoms with Crippen LogP contribution in [0.3, 0.4) is 0 Å². The fourth-order valence-electron chi connectivity index (χ4n) is 2.27. The van der Waals surface area contributed by atoms with Crippen LogP contribution in [0.1, 0.15) is 84.5 Å². The summed E-state index contributed by atoms with van der Waals surface area (Å²) in [6.45, 7) is 3.51. The van der Waals surface area contributed by atoms with Crippen molar-refractivity contribution in [2.24, 2.45) is 5.41 Å². The van der Waals surface area contributed by atoms with Gasteiger partial charge >= 0.3 is 35.0 Å². The van der Waals surface area contributed by atoms with Gasteiger partial charge in [-0.15, -0.1) is 0 Å². The molecule has 0 spiro atoms. The molecule has 0 unspecified atom stereocenters. The van der Waals surface area contributed by atoms with Gasteiger partial charge in [-0.3, -0.25) is 9.59 Å². The minimum Gasteiger partial charge on any atom is -0.480 e. The van der Waals surface area contributed by atoms with Crippen molar-refractivity contribution < 1.29 is 19.8 Å². The Morgan fingerprint density at radius 2 is 1.10 bits per heavy atom. The summed E-state index contributed by atoms with van der Waals surface area (Å²) in [6, 6.07) is 0. The van der Waals surface area contributed by atoms with Gasteiger partial charge in [-0.2, -0.15) is 0 Å². The van der Waals surface area contributed by atoms with E-state index in [9.17, 15) is 9.59 Å². The van der Waals surface area contributed by atoms with Crippen LogP contribution in [-0.4, -0.2) is 45.2 Å². The lowest BCUT2D eigenvalue weighted by molar-refractivity contribution is -0.163. The van der Waals surface area contributed by atoms with Crippen LogP contribution in [0.2, 0.25) is 0 Å². The molecule has 0 atom stereocenters. The lowest BCUT2D eigenvalue weighted by atomic mass is 9.85. The van der Waals surface area contributed by atoms with Crippen LogP contribution in [0.5, 0.6) is 0 Å². The van der Waals surface area contributed by atoms with Crippen molar-refractivity contribution in [2.75, 3.05) is 0 Å². The summed E-state index contributed by atoms with van der Waals surface area (Å²) < 4.78 is 0. The SMILES string of the molecule is CCCCCCCCCCCCC(C)(C(=O)O)C(=O)O.[MgH2]. The van der Waals surface area contributed by atoms with Crippen LogP contribution in [0.15, 0.2) is 0 Å². The van der Waals surface area contributed by atoms with Gasteiger partial charge in [-0.1, -0.05) is 71.1 Å². The molecule has 2 N–H and O–H groups in total. The third-order valence-electron chi connectivity index (χ3n) is 3.97. The van der Waals surface area contributed by atoms with E-state index < -0.39 is 17.4 Å².